The van der Waals surface area contributed by atoms with Gasteiger partial charge in [0.1, 0.15) is 28.2 Å². The first kappa shape index (κ1) is 21.5. The molecular weight excluding hydrogens is 432 g/mol. The minimum absolute atomic E-state index is 0.110. The third-order valence-corrected chi connectivity index (χ3v) is 6.30. The van der Waals surface area contributed by atoms with Crippen molar-refractivity contribution in [3.05, 3.63) is 75.2 Å². The van der Waals surface area contributed by atoms with Gasteiger partial charge in [0, 0.05) is 5.56 Å². The molecule has 1 atom stereocenters. The maximum Gasteiger partial charge on any atom is 0.350 e. The van der Waals surface area contributed by atoms with E-state index < -0.39 is 23.7 Å². The SMILES string of the molecule is COC(=O)c1sc(N2C(=O)C(=O)/C(=C(/O)c3ccc(C)cc3)[C@@H]2c2ccc(C)o2)nc1C. The van der Waals surface area contributed by atoms with Gasteiger partial charge in [-0.15, -0.1) is 0 Å². The second-order valence-corrected chi connectivity index (χ2v) is 8.36. The predicted molar refractivity (Wildman–Crippen MR) is 118 cm³/mol. The minimum Gasteiger partial charge on any atom is -0.507 e. The van der Waals surface area contributed by atoms with Crippen molar-refractivity contribution < 1.29 is 28.6 Å². The minimum atomic E-state index is -1.04. The van der Waals surface area contributed by atoms with Crippen LogP contribution in [0.2, 0.25) is 0 Å². The normalized spacial score (nSPS) is 17.8. The van der Waals surface area contributed by atoms with Crippen molar-refractivity contribution in [1.82, 2.24) is 4.98 Å². The zero-order chi connectivity index (χ0) is 23.2. The quantitative estimate of drug-likeness (QED) is 0.275. The maximum atomic E-state index is 13.1. The number of nitrogens with zero attached hydrogens (tertiary/aromatic N) is 2. The molecule has 8 nitrogen and oxygen atoms in total. The molecule has 4 rings (SSSR count). The number of carbonyl (C=O) groups excluding carboxylic acids is 3. The summed E-state index contributed by atoms with van der Waals surface area (Å²) in [6.45, 7) is 5.25. The molecule has 1 amide bonds. The number of methoxy groups -OCH3 is 1. The number of carbonyl (C=O) groups is 3. The number of aromatic nitrogens is 1. The number of anilines is 1. The molecule has 2 aromatic heterocycles. The summed E-state index contributed by atoms with van der Waals surface area (Å²) in [5.74, 6) is -1.77. The van der Waals surface area contributed by atoms with E-state index in [9.17, 15) is 19.5 Å². The van der Waals surface area contributed by atoms with Gasteiger partial charge in [-0.05, 0) is 32.9 Å². The van der Waals surface area contributed by atoms with Crippen LogP contribution in [0.3, 0.4) is 0 Å². The largest absolute Gasteiger partial charge is 0.507 e. The number of furan rings is 1. The van der Waals surface area contributed by atoms with Crippen molar-refractivity contribution in [2.45, 2.75) is 26.8 Å². The Morgan fingerprint density at radius 2 is 1.81 bits per heavy atom. The number of aryl methyl sites for hydroxylation is 3. The summed E-state index contributed by atoms with van der Waals surface area (Å²) < 4.78 is 10.5. The third-order valence-electron chi connectivity index (χ3n) is 5.16. The molecule has 0 unspecified atom stereocenters. The summed E-state index contributed by atoms with van der Waals surface area (Å²) in [6.07, 6.45) is 0. The molecule has 3 aromatic rings. The topological polar surface area (TPSA) is 110 Å². The van der Waals surface area contributed by atoms with Gasteiger partial charge in [0.05, 0.1) is 18.4 Å². The number of thiazole rings is 1. The average Bonchev–Trinajstić information content (AvgIpc) is 3.44. The van der Waals surface area contributed by atoms with E-state index in [0.717, 1.165) is 21.8 Å². The lowest BCUT2D eigenvalue weighted by molar-refractivity contribution is -0.132. The molecule has 0 bridgehead atoms. The van der Waals surface area contributed by atoms with Crippen molar-refractivity contribution in [2.75, 3.05) is 12.0 Å². The van der Waals surface area contributed by atoms with Crippen LogP contribution in [0.15, 0.2) is 46.4 Å². The Hall–Kier alpha value is -3.72. The second-order valence-electron chi connectivity index (χ2n) is 7.39. The molecule has 164 valence electrons. The summed E-state index contributed by atoms with van der Waals surface area (Å²) in [4.78, 5) is 43.9. The Morgan fingerprint density at radius 3 is 2.41 bits per heavy atom. The summed E-state index contributed by atoms with van der Waals surface area (Å²) in [5, 5.41) is 11.2. The van der Waals surface area contributed by atoms with E-state index in [1.165, 1.54) is 7.11 Å². The van der Waals surface area contributed by atoms with Crippen molar-refractivity contribution in [3.8, 4) is 0 Å². The number of aliphatic hydroxyl groups excluding tert-OH is 1. The molecule has 0 spiro atoms. The van der Waals surface area contributed by atoms with Gasteiger partial charge in [-0.1, -0.05) is 41.2 Å². The average molecular weight is 452 g/mol. The predicted octanol–water partition coefficient (Wildman–Crippen LogP) is 4.07. The van der Waals surface area contributed by atoms with E-state index in [0.29, 0.717) is 22.8 Å². The summed E-state index contributed by atoms with van der Waals surface area (Å²) in [6, 6.07) is 9.24. The number of aliphatic hydroxyl groups is 1. The van der Waals surface area contributed by atoms with Gasteiger partial charge in [0.15, 0.2) is 5.13 Å². The highest BCUT2D eigenvalue weighted by Gasteiger charge is 2.49. The third kappa shape index (κ3) is 3.50. The molecule has 1 aliphatic rings. The van der Waals surface area contributed by atoms with Crippen LogP contribution in [0.5, 0.6) is 0 Å². The van der Waals surface area contributed by atoms with Crippen molar-refractivity contribution in [1.29, 1.82) is 0 Å². The molecule has 1 aromatic carbocycles. The van der Waals surface area contributed by atoms with Crippen LogP contribution in [0.1, 0.15) is 44.1 Å². The number of amides is 1. The highest BCUT2D eigenvalue weighted by molar-refractivity contribution is 7.17. The molecule has 32 heavy (non-hydrogen) atoms. The smallest absolute Gasteiger partial charge is 0.350 e. The summed E-state index contributed by atoms with van der Waals surface area (Å²) in [7, 11) is 1.25. The number of hydrogen-bond acceptors (Lipinski definition) is 8. The maximum absolute atomic E-state index is 13.1. The van der Waals surface area contributed by atoms with Crippen molar-refractivity contribution >= 4 is 39.9 Å². The van der Waals surface area contributed by atoms with E-state index in [1.807, 2.05) is 6.92 Å². The van der Waals surface area contributed by atoms with Crippen LogP contribution in [-0.4, -0.2) is 34.9 Å². The number of ketones is 1. The summed E-state index contributed by atoms with van der Waals surface area (Å²) in [5.41, 5.74) is 1.63. The van der Waals surface area contributed by atoms with E-state index in [2.05, 4.69) is 4.98 Å². The van der Waals surface area contributed by atoms with Crippen LogP contribution in [-0.2, 0) is 14.3 Å². The molecule has 1 N–H and O–H groups in total. The number of rotatable bonds is 4. The van der Waals surface area contributed by atoms with Crippen LogP contribution in [0.4, 0.5) is 5.13 Å². The first-order valence-electron chi connectivity index (χ1n) is 9.73. The van der Waals surface area contributed by atoms with Gasteiger partial charge in [-0.2, -0.15) is 0 Å². The molecule has 1 fully saturated rings. The second kappa shape index (κ2) is 8.08. The van der Waals surface area contributed by atoms with E-state index in [4.69, 9.17) is 9.15 Å². The monoisotopic (exact) mass is 452 g/mol. The standard InChI is InChI=1S/C23H20N2O6S/c1-11-5-8-14(9-6-11)18(26)16-17(15-10-7-12(2)31-15)25(21(28)19(16)27)23-24-13(3)20(32-23)22(29)30-4/h5-10,17,26H,1-4H3/b18-16+/t17-/m0/s1. The highest BCUT2D eigenvalue weighted by Crippen LogP contribution is 2.44. The van der Waals surface area contributed by atoms with Crippen LogP contribution in [0.25, 0.3) is 5.76 Å². The van der Waals surface area contributed by atoms with E-state index in [1.54, 1.807) is 50.2 Å². The van der Waals surface area contributed by atoms with Gasteiger partial charge in [-0.3, -0.25) is 14.5 Å². The van der Waals surface area contributed by atoms with Gasteiger partial charge in [-0.25, -0.2) is 9.78 Å². The first-order chi connectivity index (χ1) is 15.2. The Balaban J connectivity index is 1.92. The van der Waals surface area contributed by atoms with E-state index in [-0.39, 0.29) is 21.3 Å². The molecule has 0 aliphatic carbocycles. The number of Topliss-reactive ketones (excluding diaryl/α,β-unsaturated/α-hetero) is 1. The molecule has 1 aliphatic heterocycles. The molecule has 0 radical (unpaired) electrons. The molecular formula is C23H20N2O6S. The number of ether oxygens (including phenoxy) is 1. The Labute approximate surface area is 187 Å². The molecule has 0 saturated carbocycles. The van der Waals surface area contributed by atoms with Crippen LogP contribution in [0, 0.1) is 20.8 Å². The van der Waals surface area contributed by atoms with Gasteiger partial charge < -0.3 is 14.3 Å². The first-order valence-corrected chi connectivity index (χ1v) is 10.5. The van der Waals surface area contributed by atoms with Gasteiger partial charge in [0.25, 0.3) is 5.78 Å². The number of benzene rings is 1. The lowest BCUT2D eigenvalue weighted by atomic mass is 9.99. The Morgan fingerprint density at radius 1 is 1.12 bits per heavy atom. The Kier molecular flexibility index (Phi) is 5.43. The molecule has 1 saturated heterocycles. The van der Waals surface area contributed by atoms with Crippen molar-refractivity contribution in [2.24, 2.45) is 0 Å². The van der Waals surface area contributed by atoms with Gasteiger partial charge >= 0.3 is 11.9 Å². The summed E-state index contributed by atoms with van der Waals surface area (Å²) >= 11 is 0.933. The fourth-order valence-electron chi connectivity index (χ4n) is 3.53. The zero-order valence-corrected chi connectivity index (χ0v) is 18.6. The fourth-order valence-corrected chi connectivity index (χ4v) is 4.55. The molecule has 3 heterocycles. The lowest BCUT2D eigenvalue weighted by Crippen LogP contribution is -2.29. The number of hydrogen-bond donors (Lipinski definition) is 1. The molecule has 9 heteroatoms. The van der Waals surface area contributed by atoms with Crippen molar-refractivity contribution in [3.63, 3.8) is 0 Å². The highest BCUT2D eigenvalue weighted by atomic mass is 32.1. The van der Waals surface area contributed by atoms with Crippen LogP contribution >= 0.6 is 11.3 Å². The Bertz CT molecular complexity index is 1270. The zero-order valence-electron chi connectivity index (χ0n) is 17.8. The fraction of sp³-hybridized carbons (Fsp3) is 0.217. The van der Waals surface area contributed by atoms with Gasteiger partial charge in [0.2, 0.25) is 0 Å². The van der Waals surface area contributed by atoms with E-state index >= 15 is 0 Å². The lowest BCUT2D eigenvalue weighted by Gasteiger charge is -2.20. The van der Waals surface area contributed by atoms with Crippen LogP contribution < -0.4 is 4.90 Å². The number of esters is 1.